The maximum atomic E-state index is 11.9. The first-order valence-electron chi connectivity index (χ1n) is 5.86. The van der Waals surface area contributed by atoms with Gasteiger partial charge in [-0.3, -0.25) is 9.69 Å². The second kappa shape index (κ2) is 7.31. The number of pyridine rings is 1. The van der Waals surface area contributed by atoms with Crippen molar-refractivity contribution >= 4 is 54.9 Å². The van der Waals surface area contributed by atoms with Gasteiger partial charge in [-0.1, -0.05) is 0 Å². The molecule has 2 heterocycles. The lowest BCUT2D eigenvalue weighted by atomic mass is 10.4. The van der Waals surface area contributed by atoms with E-state index in [-0.39, 0.29) is 5.91 Å². The Morgan fingerprint density at radius 3 is 2.80 bits per heavy atom. The average molecular weight is 419 g/mol. The van der Waals surface area contributed by atoms with E-state index in [0.717, 1.165) is 15.5 Å². The standard InChI is InChI=1S/C13H13Br2N3OS/c1-18(7-11-10(15)4-5-20-11)8-13(19)17-12-3-2-9(14)6-16-12/h2-6H,7-8H2,1H3,(H,16,17,19). The highest BCUT2D eigenvalue weighted by molar-refractivity contribution is 9.10. The normalized spacial score (nSPS) is 10.8. The Kier molecular flexibility index (Phi) is 5.71. The molecule has 2 rings (SSSR count). The van der Waals surface area contributed by atoms with Gasteiger partial charge in [0, 0.05) is 26.6 Å². The third-order valence-corrected chi connectivity index (χ3v) is 4.89. The average Bonchev–Trinajstić information content (AvgIpc) is 2.77. The molecule has 1 amide bonds. The van der Waals surface area contributed by atoms with Crippen molar-refractivity contribution in [2.75, 3.05) is 18.9 Å². The molecule has 0 aliphatic heterocycles. The third kappa shape index (κ3) is 4.66. The summed E-state index contributed by atoms with van der Waals surface area (Å²) in [5, 5.41) is 4.80. The molecule has 0 aliphatic carbocycles. The topological polar surface area (TPSA) is 45.2 Å². The lowest BCUT2D eigenvalue weighted by molar-refractivity contribution is -0.117. The number of carbonyl (C=O) groups is 1. The smallest absolute Gasteiger partial charge is 0.239 e. The van der Waals surface area contributed by atoms with E-state index in [9.17, 15) is 4.79 Å². The Labute approximate surface area is 138 Å². The third-order valence-electron chi connectivity index (χ3n) is 2.51. The van der Waals surface area contributed by atoms with Gasteiger partial charge in [-0.2, -0.15) is 0 Å². The Bertz CT molecular complexity index is 586. The molecular formula is C13H13Br2N3OS. The van der Waals surface area contributed by atoms with Crippen molar-refractivity contribution in [2.45, 2.75) is 6.54 Å². The first-order valence-corrected chi connectivity index (χ1v) is 8.33. The highest BCUT2D eigenvalue weighted by Crippen LogP contribution is 2.23. The summed E-state index contributed by atoms with van der Waals surface area (Å²) in [6.07, 6.45) is 1.65. The number of hydrogen-bond acceptors (Lipinski definition) is 4. The summed E-state index contributed by atoms with van der Waals surface area (Å²) in [7, 11) is 1.92. The van der Waals surface area contributed by atoms with Crippen molar-refractivity contribution < 1.29 is 4.79 Å². The van der Waals surface area contributed by atoms with Gasteiger partial charge in [0.25, 0.3) is 0 Å². The quantitative estimate of drug-likeness (QED) is 0.804. The van der Waals surface area contributed by atoms with Crippen molar-refractivity contribution in [3.05, 3.63) is 43.6 Å². The fourth-order valence-electron chi connectivity index (χ4n) is 1.62. The van der Waals surface area contributed by atoms with Crippen LogP contribution >= 0.6 is 43.2 Å². The van der Waals surface area contributed by atoms with Gasteiger partial charge < -0.3 is 5.32 Å². The fourth-order valence-corrected chi connectivity index (χ4v) is 3.41. The maximum absolute atomic E-state index is 11.9. The van der Waals surface area contributed by atoms with E-state index in [2.05, 4.69) is 42.2 Å². The van der Waals surface area contributed by atoms with E-state index in [1.807, 2.05) is 29.5 Å². The summed E-state index contributed by atoms with van der Waals surface area (Å²) in [6.45, 7) is 1.06. The molecule has 2 aromatic heterocycles. The van der Waals surface area contributed by atoms with E-state index >= 15 is 0 Å². The number of likely N-dealkylation sites (N-methyl/N-ethyl adjacent to an activating group) is 1. The zero-order chi connectivity index (χ0) is 14.5. The van der Waals surface area contributed by atoms with Gasteiger partial charge in [-0.25, -0.2) is 4.98 Å². The molecule has 7 heteroatoms. The summed E-state index contributed by atoms with van der Waals surface area (Å²) in [5.41, 5.74) is 0. The number of aromatic nitrogens is 1. The van der Waals surface area contributed by atoms with Crippen molar-refractivity contribution in [1.82, 2.24) is 9.88 Å². The number of nitrogens with zero attached hydrogens (tertiary/aromatic N) is 2. The molecule has 106 valence electrons. The van der Waals surface area contributed by atoms with Crippen LogP contribution in [0.4, 0.5) is 5.82 Å². The Hall–Kier alpha value is -0.760. The first kappa shape index (κ1) is 15.6. The predicted octanol–water partition coefficient (Wildman–Crippen LogP) is 3.74. The highest BCUT2D eigenvalue weighted by atomic mass is 79.9. The molecule has 4 nitrogen and oxygen atoms in total. The van der Waals surface area contributed by atoms with Gasteiger partial charge in [-0.05, 0) is 62.5 Å². The Balaban J connectivity index is 1.85. The van der Waals surface area contributed by atoms with Crippen LogP contribution < -0.4 is 5.32 Å². The molecule has 1 N–H and O–H groups in total. The SMILES string of the molecule is CN(CC(=O)Nc1ccc(Br)cn1)Cc1sccc1Br. The van der Waals surface area contributed by atoms with Crippen LogP contribution in [0, 0.1) is 0 Å². The zero-order valence-corrected chi connectivity index (χ0v) is 14.8. The van der Waals surface area contributed by atoms with E-state index in [4.69, 9.17) is 0 Å². The minimum atomic E-state index is -0.0741. The van der Waals surface area contributed by atoms with Gasteiger partial charge in [0.2, 0.25) is 5.91 Å². The van der Waals surface area contributed by atoms with Crippen LogP contribution in [0.1, 0.15) is 4.88 Å². The van der Waals surface area contributed by atoms with E-state index in [1.165, 1.54) is 4.88 Å². The van der Waals surface area contributed by atoms with Gasteiger partial charge in [0.1, 0.15) is 5.82 Å². The molecule has 20 heavy (non-hydrogen) atoms. The fraction of sp³-hybridized carbons (Fsp3) is 0.231. The van der Waals surface area contributed by atoms with E-state index in [1.54, 1.807) is 23.6 Å². The van der Waals surface area contributed by atoms with Crippen molar-refractivity contribution in [1.29, 1.82) is 0 Å². The molecule has 0 saturated heterocycles. The number of anilines is 1. The molecule has 0 fully saturated rings. The Morgan fingerprint density at radius 2 is 2.20 bits per heavy atom. The summed E-state index contributed by atoms with van der Waals surface area (Å²) < 4.78 is 1.97. The molecule has 0 saturated carbocycles. The summed E-state index contributed by atoms with van der Waals surface area (Å²) in [5.74, 6) is 0.485. The van der Waals surface area contributed by atoms with Crippen LogP contribution in [0.15, 0.2) is 38.7 Å². The van der Waals surface area contributed by atoms with Crippen LogP contribution in [0.2, 0.25) is 0 Å². The predicted molar refractivity (Wildman–Crippen MR) is 88.9 cm³/mol. The molecule has 0 radical (unpaired) electrons. The van der Waals surface area contributed by atoms with Crippen LogP contribution in [0.5, 0.6) is 0 Å². The lowest BCUT2D eigenvalue weighted by Crippen LogP contribution is -2.29. The van der Waals surface area contributed by atoms with Crippen molar-refractivity contribution in [3.63, 3.8) is 0 Å². The number of nitrogens with one attached hydrogen (secondary N) is 1. The largest absolute Gasteiger partial charge is 0.310 e. The molecule has 0 unspecified atom stereocenters. The highest BCUT2D eigenvalue weighted by Gasteiger charge is 2.10. The minimum Gasteiger partial charge on any atom is -0.310 e. The van der Waals surface area contributed by atoms with Crippen LogP contribution in [-0.2, 0) is 11.3 Å². The molecular weight excluding hydrogens is 406 g/mol. The van der Waals surface area contributed by atoms with Crippen molar-refractivity contribution in [3.8, 4) is 0 Å². The Morgan fingerprint density at radius 1 is 1.40 bits per heavy atom. The summed E-state index contributed by atoms with van der Waals surface area (Å²) >= 11 is 8.47. The minimum absolute atomic E-state index is 0.0741. The summed E-state index contributed by atoms with van der Waals surface area (Å²) in [6, 6.07) is 5.62. The van der Waals surface area contributed by atoms with Gasteiger partial charge >= 0.3 is 0 Å². The van der Waals surface area contributed by atoms with Gasteiger partial charge in [0.15, 0.2) is 0 Å². The van der Waals surface area contributed by atoms with Gasteiger partial charge in [0.05, 0.1) is 6.54 Å². The number of halogens is 2. The van der Waals surface area contributed by atoms with Crippen LogP contribution in [0.25, 0.3) is 0 Å². The number of thiophene rings is 1. The number of amides is 1. The van der Waals surface area contributed by atoms with Crippen LogP contribution in [0.3, 0.4) is 0 Å². The van der Waals surface area contributed by atoms with Crippen LogP contribution in [-0.4, -0.2) is 29.4 Å². The monoisotopic (exact) mass is 417 g/mol. The number of rotatable bonds is 5. The maximum Gasteiger partial charge on any atom is 0.239 e. The van der Waals surface area contributed by atoms with E-state index in [0.29, 0.717) is 12.4 Å². The second-order valence-electron chi connectivity index (χ2n) is 4.27. The van der Waals surface area contributed by atoms with Crippen molar-refractivity contribution in [2.24, 2.45) is 0 Å². The molecule has 0 atom stereocenters. The number of hydrogen-bond donors (Lipinski definition) is 1. The second-order valence-corrected chi connectivity index (χ2v) is 7.04. The lowest BCUT2D eigenvalue weighted by Gasteiger charge is -2.15. The first-order chi connectivity index (χ1) is 9.54. The van der Waals surface area contributed by atoms with E-state index < -0.39 is 0 Å². The molecule has 0 aliphatic rings. The molecule has 0 bridgehead atoms. The zero-order valence-electron chi connectivity index (χ0n) is 10.8. The number of carbonyl (C=O) groups excluding carboxylic acids is 1. The molecule has 0 spiro atoms. The molecule has 0 aromatic carbocycles. The van der Waals surface area contributed by atoms with Gasteiger partial charge in [-0.15, -0.1) is 11.3 Å². The summed E-state index contributed by atoms with van der Waals surface area (Å²) in [4.78, 5) is 19.2. The molecule has 2 aromatic rings.